The minimum atomic E-state index is 0.241. The maximum Gasteiger partial charge on any atom is 0.238 e. The average Bonchev–Trinajstić information content (AvgIpc) is 3.26. The maximum atomic E-state index is 10.0. The minimum absolute atomic E-state index is 0.241. The molecule has 164 valence electrons. The van der Waals surface area contributed by atoms with Crippen LogP contribution >= 0.6 is 0 Å². The van der Waals surface area contributed by atoms with Gasteiger partial charge in [0.25, 0.3) is 0 Å². The summed E-state index contributed by atoms with van der Waals surface area (Å²) in [4.78, 5) is 4.50. The summed E-state index contributed by atoms with van der Waals surface area (Å²) in [6.07, 6.45) is 1.66. The predicted molar refractivity (Wildman–Crippen MR) is 128 cm³/mol. The van der Waals surface area contributed by atoms with Crippen molar-refractivity contribution in [2.24, 2.45) is 4.99 Å². The molecule has 4 rings (SSSR count). The first-order valence-corrected chi connectivity index (χ1v) is 10.2. The van der Waals surface area contributed by atoms with Crippen LogP contribution in [0.25, 0.3) is 22.5 Å². The number of aliphatic imine (C=N–C) groups is 1. The Balaban J connectivity index is 1.83. The molecule has 0 amide bonds. The SMILES string of the molecule is COc1ccc(C=Nc2oc(-c3ccc(OC)cc3)c(-c3ccc(OC)cc3)c2C#N)cc1. The second kappa shape index (κ2) is 9.75. The molecule has 0 aliphatic rings. The van der Waals surface area contributed by atoms with E-state index in [9.17, 15) is 5.26 Å². The average molecular weight is 438 g/mol. The van der Waals surface area contributed by atoms with Gasteiger partial charge in [-0.05, 0) is 71.8 Å². The van der Waals surface area contributed by atoms with E-state index in [-0.39, 0.29) is 5.88 Å². The monoisotopic (exact) mass is 438 g/mol. The first kappa shape index (κ1) is 21.7. The summed E-state index contributed by atoms with van der Waals surface area (Å²) in [7, 11) is 4.85. The van der Waals surface area contributed by atoms with Gasteiger partial charge in [-0.25, -0.2) is 4.99 Å². The molecule has 0 atom stereocenters. The number of methoxy groups -OCH3 is 3. The highest BCUT2D eigenvalue weighted by molar-refractivity contribution is 5.90. The Morgan fingerprint density at radius 3 is 1.70 bits per heavy atom. The summed E-state index contributed by atoms with van der Waals surface area (Å²) >= 11 is 0. The minimum Gasteiger partial charge on any atom is -0.497 e. The molecular formula is C27H22N2O4. The smallest absolute Gasteiger partial charge is 0.238 e. The van der Waals surface area contributed by atoms with Crippen LogP contribution in [0.2, 0.25) is 0 Å². The number of rotatable bonds is 7. The molecule has 1 heterocycles. The number of ether oxygens (including phenoxy) is 3. The molecule has 0 saturated carbocycles. The highest BCUT2D eigenvalue weighted by Gasteiger charge is 2.23. The number of nitriles is 1. The zero-order valence-electron chi connectivity index (χ0n) is 18.5. The fourth-order valence-corrected chi connectivity index (χ4v) is 3.42. The van der Waals surface area contributed by atoms with Crippen molar-refractivity contribution in [3.8, 4) is 45.8 Å². The van der Waals surface area contributed by atoms with Crippen LogP contribution < -0.4 is 14.2 Å². The molecule has 3 aromatic carbocycles. The van der Waals surface area contributed by atoms with Gasteiger partial charge in [0.1, 0.15) is 34.6 Å². The summed E-state index contributed by atoms with van der Waals surface area (Å²) in [6, 6.07) is 24.7. The van der Waals surface area contributed by atoms with Crippen molar-refractivity contribution in [2.75, 3.05) is 21.3 Å². The number of hydrogen-bond donors (Lipinski definition) is 0. The van der Waals surface area contributed by atoms with E-state index in [0.717, 1.165) is 33.9 Å². The van der Waals surface area contributed by atoms with E-state index in [2.05, 4.69) is 11.1 Å². The van der Waals surface area contributed by atoms with Gasteiger partial charge in [0.2, 0.25) is 5.88 Å². The number of benzene rings is 3. The molecule has 0 fully saturated rings. The lowest BCUT2D eigenvalue weighted by Crippen LogP contribution is -1.87. The normalized spacial score (nSPS) is 10.7. The van der Waals surface area contributed by atoms with Gasteiger partial charge in [-0.15, -0.1) is 0 Å². The molecule has 0 N–H and O–H groups in total. The quantitative estimate of drug-likeness (QED) is 0.318. The van der Waals surface area contributed by atoms with E-state index in [0.29, 0.717) is 16.9 Å². The summed E-state index contributed by atoms with van der Waals surface area (Å²) in [5.41, 5.74) is 3.52. The summed E-state index contributed by atoms with van der Waals surface area (Å²) in [6.45, 7) is 0. The lowest BCUT2D eigenvalue weighted by molar-refractivity contribution is 0.414. The van der Waals surface area contributed by atoms with E-state index in [4.69, 9.17) is 18.6 Å². The predicted octanol–water partition coefficient (Wildman–Crippen LogP) is 6.26. The highest BCUT2D eigenvalue weighted by Crippen LogP contribution is 2.43. The van der Waals surface area contributed by atoms with Gasteiger partial charge in [-0.3, -0.25) is 0 Å². The van der Waals surface area contributed by atoms with E-state index >= 15 is 0 Å². The van der Waals surface area contributed by atoms with Crippen molar-refractivity contribution in [1.82, 2.24) is 0 Å². The zero-order chi connectivity index (χ0) is 23.2. The molecule has 0 bridgehead atoms. The first-order valence-electron chi connectivity index (χ1n) is 10.2. The standard InChI is InChI=1S/C27H22N2O4/c1-30-21-10-4-18(5-11-21)17-29-27-24(16-28)25(19-6-12-22(31-2)13-7-19)26(33-27)20-8-14-23(32-3)15-9-20/h4-15,17H,1-3H3. The molecular weight excluding hydrogens is 416 g/mol. The van der Waals surface area contributed by atoms with Crippen LogP contribution in [0.1, 0.15) is 11.1 Å². The van der Waals surface area contributed by atoms with Crippen molar-refractivity contribution in [1.29, 1.82) is 5.26 Å². The van der Waals surface area contributed by atoms with E-state index in [1.165, 1.54) is 0 Å². The second-order valence-corrected chi connectivity index (χ2v) is 7.09. The Hall–Kier alpha value is -4.50. The molecule has 0 radical (unpaired) electrons. The van der Waals surface area contributed by atoms with Crippen molar-refractivity contribution >= 4 is 12.1 Å². The van der Waals surface area contributed by atoms with Gasteiger partial charge in [-0.2, -0.15) is 5.26 Å². The van der Waals surface area contributed by atoms with Crippen molar-refractivity contribution in [3.63, 3.8) is 0 Å². The molecule has 1 aromatic heterocycles. The Kier molecular flexibility index (Phi) is 6.42. The van der Waals surface area contributed by atoms with Crippen LogP contribution in [0.15, 0.2) is 82.2 Å². The first-order chi connectivity index (χ1) is 16.2. The van der Waals surface area contributed by atoms with Gasteiger partial charge < -0.3 is 18.6 Å². The molecule has 0 aliphatic heterocycles. The van der Waals surface area contributed by atoms with Crippen molar-refractivity contribution < 1.29 is 18.6 Å². The Bertz CT molecular complexity index is 1300. The van der Waals surface area contributed by atoms with Crippen molar-refractivity contribution in [3.05, 3.63) is 83.9 Å². The summed E-state index contributed by atoms with van der Waals surface area (Å²) in [5.74, 6) is 3.01. The maximum absolute atomic E-state index is 10.0. The third-order valence-electron chi connectivity index (χ3n) is 5.18. The Labute approximate surface area is 192 Å². The Morgan fingerprint density at radius 1 is 0.727 bits per heavy atom. The lowest BCUT2D eigenvalue weighted by atomic mass is 9.98. The van der Waals surface area contributed by atoms with Gasteiger partial charge in [0, 0.05) is 17.3 Å². The van der Waals surface area contributed by atoms with Crippen molar-refractivity contribution in [2.45, 2.75) is 0 Å². The van der Waals surface area contributed by atoms with Crippen LogP contribution in [0.4, 0.5) is 5.88 Å². The van der Waals surface area contributed by atoms with Crippen LogP contribution in [-0.2, 0) is 0 Å². The summed E-state index contributed by atoms with van der Waals surface area (Å²) in [5, 5.41) is 10.0. The molecule has 0 spiro atoms. The lowest BCUT2D eigenvalue weighted by Gasteiger charge is -2.06. The van der Waals surface area contributed by atoms with Crippen LogP contribution in [0.5, 0.6) is 17.2 Å². The largest absolute Gasteiger partial charge is 0.497 e. The third-order valence-corrected chi connectivity index (χ3v) is 5.18. The molecule has 0 unspecified atom stereocenters. The fraction of sp³-hybridized carbons (Fsp3) is 0.111. The number of nitrogens with zero attached hydrogens (tertiary/aromatic N) is 2. The van der Waals surface area contributed by atoms with Crippen LogP contribution in [-0.4, -0.2) is 27.5 Å². The molecule has 0 aliphatic carbocycles. The number of furan rings is 1. The van der Waals surface area contributed by atoms with Gasteiger partial charge >= 0.3 is 0 Å². The topological polar surface area (TPSA) is 77.0 Å². The van der Waals surface area contributed by atoms with Gasteiger partial charge in [0.15, 0.2) is 0 Å². The van der Waals surface area contributed by atoms with Gasteiger partial charge in [0.05, 0.1) is 21.3 Å². The highest BCUT2D eigenvalue weighted by atomic mass is 16.5. The number of hydrogen-bond acceptors (Lipinski definition) is 6. The molecule has 6 nitrogen and oxygen atoms in total. The molecule has 33 heavy (non-hydrogen) atoms. The van der Waals surface area contributed by atoms with E-state index in [1.807, 2.05) is 72.8 Å². The molecule has 0 saturated heterocycles. The zero-order valence-corrected chi connectivity index (χ0v) is 18.5. The Morgan fingerprint density at radius 2 is 1.21 bits per heavy atom. The van der Waals surface area contributed by atoms with Gasteiger partial charge in [-0.1, -0.05) is 12.1 Å². The molecule has 6 heteroatoms. The van der Waals surface area contributed by atoms with E-state index in [1.54, 1.807) is 27.5 Å². The third kappa shape index (κ3) is 4.58. The van der Waals surface area contributed by atoms with E-state index < -0.39 is 0 Å². The molecule has 4 aromatic rings. The van der Waals surface area contributed by atoms with Crippen LogP contribution in [0, 0.1) is 11.3 Å². The van der Waals surface area contributed by atoms with Crippen LogP contribution in [0.3, 0.4) is 0 Å². The summed E-state index contributed by atoms with van der Waals surface area (Å²) < 4.78 is 21.9. The second-order valence-electron chi connectivity index (χ2n) is 7.09. The fourth-order valence-electron chi connectivity index (χ4n) is 3.42.